The molecule has 4 unspecified atom stereocenters. The van der Waals surface area contributed by atoms with Crippen molar-refractivity contribution in [2.45, 2.75) is 56.0 Å². The van der Waals surface area contributed by atoms with E-state index in [0.717, 1.165) is 72.6 Å². The summed E-state index contributed by atoms with van der Waals surface area (Å²) in [6, 6.07) is 40.2. The Morgan fingerprint density at radius 3 is 2.44 bits per heavy atom. The zero-order valence-electron chi connectivity index (χ0n) is 31.9. The lowest BCUT2D eigenvalue weighted by molar-refractivity contribution is 0.0730. The summed E-state index contributed by atoms with van der Waals surface area (Å²) in [6.45, 7) is 0. The van der Waals surface area contributed by atoms with Gasteiger partial charge in [-0.3, -0.25) is 0 Å². The highest BCUT2D eigenvalue weighted by Crippen LogP contribution is 2.63. The lowest BCUT2D eigenvalue weighted by Gasteiger charge is -2.50. The molecule has 3 nitrogen and oxygen atoms in total. The summed E-state index contributed by atoms with van der Waals surface area (Å²) >= 11 is 0. The molecule has 0 amide bonds. The number of fused-ring (bicyclic) bond motifs is 8. The van der Waals surface area contributed by atoms with Crippen molar-refractivity contribution in [1.29, 1.82) is 0 Å². The fourth-order valence-corrected chi connectivity index (χ4v) is 11.0. The Balaban J connectivity index is 0.914. The molecule has 5 aromatic carbocycles. The number of allylic oxidation sites excluding steroid dienone is 10. The molecular weight excluding hydrogens is 693 g/mol. The van der Waals surface area contributed by atoms with Gasteiger partial charge in [0.1, 0.15) is 17.7 Å². The zero-order valence-corrected chi connectivity index (χ0v) is 31.9. The minimum atomic E-state index is -0.166. The first-order chi connectivity index (χ1) is 28.2. The van der Waals surface area contributed by atoms with Crippen molar-refractivity contribution >= 4 is 28.0 Å². The van der Waals surface area contributed by atoms with Crippen LogP contribution in [0.5, 0.6) is 5.75 Å². The van der Waals surface area contributed by atoms with Gasteiger partial charge in [-0.25, -0.2) is 9.97 Å². The number of ether oxygens (including phenoxy) is 1. The van der Waals surface area contributed by atoms with E-state index in [2.05, 4.69) is 164 Å². The quantitative estimate of drug-likeness (QED) is 0.169. The second kappa shape index (κ2) is 12.9. The van der Waals surface area contributed by atoms with E-state index in [-0.39, 0.29) is 17.4 Å². The maximum Gasteiger partial charge on any atom is 0.136 e. The molecule has 6 aliphatic rings. The van der Waals surface area contributed by atoms with Gasteiger partial charge in [0, 0.05) is 34.9 Å². The molecule has 0 bridgehead atoms. The number of hydrogen-bond acceptors (Lipinski definition) is 3. The third kappa shape index (κ3) is 5.04. The minimum Gasteiger partial charge on any atom is -0.489 e. The van der Waals surface area contributed by atoms with Crippen LogP contribution >= 0.6 is 0 Å². The Hall–Kier alpha value is -6.32. The lowest BCUT2D eigenvalue weighted by atomic mass is 9.57. The van der Waals surface area contributed by atoms with E-state index in [1.807, 2.05) is 0 Å². The van der Waals surface area contributed by atoms with Gasteiger partial charge in [0.15, 0.2) is 0 Å². The van der Waals surface area contributed by atoms with Gasteiger partial charge in [-0.1, -0.05) is 140 Å². The van der Waals surface area contributed by atoms with Gasteiger partial charge in [-0.05, 0) is 112 Å². The van der Waals surface area contributed by atoms with Gasteiger partial charge in [-0.15, -0.1) is 0 Å². The molecular formula is C54H42N2O. The van der Waals surface area contributed by atoms with Crippen molar-refractivity contribution in [3.05, 3.63) is 203 Å². The van der Waals surface area contributed by atoms with Crippen LogP contribution < -0.4 is 4.74 Å². The summed E-state index contributed by atoms with van der Waals surface area (Å²) < 4.78 is 7.04. The number of aromatic nitrogens is 2. The Kier molecular flexibility index (Phi) is 7.42. The van der Waals surface area contributed by atoms with Crippen LogP contribution in [0, 0.1) is 5.92 Å². The number of hydrogen-bond donors (Lipinski definition) is 0. The molecule has 274 valence electrons. The first-order valence-electron chi connectivity index (χ1n) is 20.7. The standard InChI is InChI=1S/C54H42N2O/c1-2-12-35(13-3-1)48-33-49(41-30-39-16-10-14-36-15-11-17-40(31-41)52(36)39)56-53(55-48)37-26-24-34(25-27-37)38-28-29-47-51(32-38)57-50-23-9-8-22-46(50)54(47)44-20-6-4-18-42(44)43-19-5-7-21-45(43)54/h1-6,8-14,16-20,24-26,28-33,37,46,50H,7,15,21-23,27H2. The predicted octanol–water partition coefficient (Wildman–Crippen LogP) is 12.8. The largest absolute Gasteiger partial charge is 0.489 e. The second-order valence-corrected chi connectivity index (χ2v) is 16.5. The van der Waals surface area contributed by atoms with Crippen molar-refractivity contribution in [1.82, 2.24) is 9.97 Å². The predicted molar refractivity (Wildman–Crippen MR) is 233 cm³/mol. The van der Waals surface area contributed by atoms with Crippen molar-refractivity contribution in [3.63, 3.8) is 0 Å². The monoisotopic (exact) mass is 734 g/mol. The van der Waals surface area contributed by atoms with Crippen molar-refractivity contribution in [2.24, 2.45) is 5.92 Å². The normalized spacial score (nSPS) is 23.5. The van der Waals surface area contributed by atoms with Crippen molar-refractivity contribution in [2.75, 3.05) is 0 Å². The van der Waals surface area contributed by atoms with E-state index in [1.54, 1.807) is 5.57 Å². The molecule has 0 N–H and O–H groups in total. The van der Waals surface area contributed by atoms with E-state index in [4.69, 9.17) is 14.7 Å². The van der Waals surface area contributed by atoms with E-state index in [0.29, 0.717) is 5.92 Å². The molecule has 57 heavy (non-hydrogen) atoms. The van der Waals surface area contributed by atoms with Crippen LogP contribution in [0.4, 0.5) is 0 Å². The fourth-order valence-electron chi connectivity index (χ4n) is 11.0. The highest BCUT2D eigenvalue weighted by molar-refractivity contribution is 5.98. The molecule has 1 aromatic heterocycles. The zero-order chi connectivity index (χ0) is 37.5. The van der Waals surface area contributed by atoms with Gasteiger partial charge in [0.25, 0.3) is 0 Å². The first-order valence-corrected chi connectivity index (χ1v) is 20.7. The molecule has 0 fully saturated rings. The minimum absolute atomic E-state index is 0.0631. The highest BCUT2D eigenvalue weighted by atomic mass is 16.5. The number of benzene rings is 5. The highest BCUT2D eigenvalue weighted by Gasteiger charge is 2.57. The Morgan fingerprint density at radius 2 is 1.53 bits per heavy atom. The van der Waals surface area contributed by atoms with Crippen LogP contribution in [-0.4, -0.2) is 16.1 Å². The maximum atomic E-state index is 7.04. The third-order valence-corrected chi connectivity index (χ3v) is 13.5. The summed E-state index contributed by atoms with van der Waals surface area (Å²) in [5, 5.41) is 2.62. The van der Waals surface area contributed by atoms with Crippen LogP contribution in [0.2, 0.25) is 0 Å². The van der Waals surface area contributed by atoms with Crippen LogP contribution in [0.3, 0.4) is 0 Å². The van der Waals surface area contributed by atoms with Gasteiger partial charge in [0.05, 0.1) is 16.8 Å². The number of rotatable bonds is 4. The lowest BCUT2D eigenvalue weighted by Crippen LogP contribution is -2.49. The SMILES string of the molecule is C1=CC2=C(CC1)C1(c3ccc(C4=CCC(c5nc(-c6ccccc6)cc(-c6cc7c8c(cccc8c6)CC=C7)n5)C=C4)cc3OC3CC=CCC31)c1ccccc12. The maximum absolute atomic E-state index is 7.04. The summed E-state index contributed by atoms with van der Waals surface area (Å²) in [4.78, 5) is 10.5. The van der Waals surface area contributed by atoms with Crippen LogP contribution in [0.1, 0.15) is 77.2 Å². The molecule has 4 atom stereocenters. The second-order valence-electron chi connectivity index (χ2n) is 16.5. The Bertz CT molecular complexity index is 2850. The average molecular weight is 735 g/mol. The van der Waals surface area contributed by atoms with Crippen molar-refractivity contribution < 1.29 is 4.74 Å². The molecule has 0 saturated carbocycles. The molecule has 0 saturated heterocycles. The third-order valence-electron chi connectivity index (χ3n) is 13.5. The molecule has 1 spiro atoms. The van der Waals surface area contributed by atoms with E-state index >= 15 is 0 Å². The molecule has 12 rings (SSSR count). The van der Waals surface area contributed by atoms with E-state index in [9.17, 15) is 0 Å². The summed E-state index contributed by atoms with van der Waals surface area (Å²) in [5.74, 6) is 2.33. The van der Waals surface area contributed by atoms with Gasteiger partial charge >= 0.3 is 0 Å². The summed E-state index contributed by atoms with van der Waals surface area (Å²) in [7, 11) is 0. The summed E-state index contributed by atoms with van der Waals surface area (Å²) in [5.41, 5.74) is 16.3. The van der Waals surface area contributed by atoms with Crippen LogP contribution in [0.25, 0.3) is 50.5 Å². The molecule has 2 heterocycles. The van der Waals surface area contributed by atoms with Crippen LogP contribution in [-0.2, 0) is 11.8 Å². The fraction of sp³-hybridized carbons (Fsp3) is 0.185. The number of nitrogens with zero attached hydrogens (tertiary/aromatic N) is 2. The van der Waals surface area contributed by atoms with E-state index in [1.165, 1.54) is 55.3 Å². The van der Waals surface area contributed by atoms with Crippen LogP contribution in [0.15, 0.2) is 163 Å². The van der Waals surface area contributed by atoms with Gasteiger partial charge in [-0.2, -0.15) is 0 Å². The first kappa shape index (κ1) is 32.9. The van der Waals surface area contributed by atoms with E-state index < -0.39 is 0 Å². The Labute approximate surface area is 334 Å². The van der Waals surface area contributed by atoms with Gasteiger partial charge in [0.2, 0.25) is 0 Å². The molecule has 5 aliphatic carbocycles. The summed E-state index contributed by atoms with van der Waals surface area (Å²) in [6.07, 6.45) is 27.1. The van der Waals surface area contributed by atoms with Gasteiger partial charge < -0.3 is 4.74 Å². The molecule has 1 aliphatic heterocycles. The molecule has 0 radical (unpaired) electrons. The molecule has 3 heteroatoms. The average Bonchev–Trinajstić information content (AvgIpc) is 3.57. The Morgan fingerprint density at radius 1 is 0.649 bits per heavy atom. The topological polar surface area (TPSA) is 35.0 Å². The van der Waals surface area contributed by atoms with Crippen molar-refractivity contribution in [3.8, 4) is 28.3 Å². The molecule has 6 aromatic rings. The smallest absolute Gasteiger partial charge is 0.136 e.